The van der Waals surface area contributed by atoms with Crippen LogP contribution in [0, 0.1) is 0 Å². The van der Waals surface area contributed by atoms with Crippen molar-refractivity contribution in [1.29, 1.82) is 0 Å². The summed E-state index contributed by atoms with van der Waals surface area (Å²) in [6.45, 7) is 4.58. The van der Waals surface area contributed by atoms with Crippen molar-refractivity contribution >= 4 is 41.1 Å². The van der Waals surface area contributed by atoms with Gasteiger partial charge >= 0.3 is 5.97 Å². The molecule has 0 aliphatic rings. The number of carbonyl (C=O) groups excluding carboxylic acids is 3. The van der Waals surface area contributed by atoms with Crippen LogP contribution in [0.25, 0.3) is 6.08 Å². The summed E-state index contributed by atoms with van der Waals surface area (Å²) in [5, 5.41) is 3.22. The van der Waals surface area contributed by atoms with Gasteiger partial charge in [-0.15, -0.1) is 0 Å². The van der Waals surface area contributed by atoms with Crippen molar-refractivity contribution in [2.45, 2.75) is 13.8 Å². The third kappa shape index (κ3) is 7.08. The van der Waals surface area contributed by atoms with Crippen LogP contribution in [0.5, 0.6) is 0 Å². The number of nitrogens with zero attached hydrogens (tertiary/aromatic N) is 1. The van der Waals surface area contributed by atoms with E-state index in [2.05, 4.69) is 5.32 Å². The molecule has 2 amide bonds. The second-order valence-corrected chi connectivity index (χ2v) is 6.54. The van der Waals surface area contributed by atoms with Gasteiger partial charge < -0.3 is 15.0 Å². The smallest absolute Gasteiger partial charge is 0.331 e. The molecule has 0 fully saturated rings. The van der Waals surface area contributed by atoms with Crippen LogP contribution in [0.4, 0.5) is 5.69 Å². The number of esters is 1. The zero-order chi connectivity index (χ0) is 21.2. The lowest BCUT2D eigenvalue weighted by Crippen LogP contribution is -2.30. The number of hydrogen-bond donors (Lipinski definition) is 1. The van der Waals surface area contributed by atoms with Crippen LogP contribution in [0.2, 0.25) is 5.02 Å². The Morgan fingerprint density at radius 2 is 1.76 bits per heavy atom. The molecule has 152 valence electrons. The number of ether oxygens (including phenoxy) is 1. The molecule has 0 spiro atoms. The summed E-state index contributed by atoms with van der Waals surface area (Å²) in [5.74, 6) is -1.24. The van der Waals surface area contributed by atoms with E-state index in [4.69, 9.17) is 16.3 Å². The van der Waals surface area contributed by atoms with Crippen molar-refractivity contribution in [3.8, 4) is 0 Å². The molecule has 0 bridgehead atoms. The Morgan fingerprint density at radius 1 is 1.07 bits per heavy atom. The molecule has 0 atom stereocenters. The summed E-state index contributed by atoms with van der Waals surface area (Å²) in [5.41, 5.74) is 1.72. The number of amides is 2. The molecule has 2 aromatic carbocycles. The van der Waals surface area contributed by atoms with Gasteiger partial charge in [-0.05, 0) is 55.8 Å². The standard InChI is InChI=1S/C22H23ClN2O4/c1-3-25(4-2)22(28)17-6-5-7-19(14-17)24-20(26)15-29-21(27)13-10-16-8-11-18(23)12-9-16/h5-14H,3-4,15H2,1-2H3,(H,24,26)/b13-10+. The average molecular weight is 415 g/mol. The molecule has 29 heavy (non-hydrogen) atoms. The number of rotatable bonds is 8. The van der Waals surface area contributed by atoms with E-state index in [1.54, 1.807) is 59.5 Å². The van der Waals surface area contributed by atoms with Crippen LogP contribution < -0.4 is 5.32 Å². The van der Waals surface area contributed by atoms with E-state index in [-0.39, 0.29) is 5.91 Å². The summed E-state index contributed by atoms with van der Waals surface area (Å²) in [7, 11) is 0. The van der Waals surface area contributed by atoms with Gasteiger partial charge in [0.25, 0.3) is 11.8 Å². The minimum absolute atomic E-state index is 0.107. The highest BCUT2D eigenvalue weighted by atomic mass is 35.5. The lowest BCUT2D eigenvalue weighted by molar-refractivity contribution is -0.142. The summed E-state index contributed by atoms with van der Waals surface area (Å²) in [6, 6.07) is 13.6. The summed E-state index contributed by atoms with van der Waals surface area (Å²) >= 11 is 5.80. The largest absolute Gasteiger partial charge is 0.452 e. The monoisotopic (exact) mass is 414 g/mol. The Bertz CT molecular complexity index is 890. The second-order valence-electron chi connectivity index (χ2n) is 6.10. The molecular formula is C22H23ClN2O4. The van der Waals surface area contributed by atoms with E-state index in [0.717, 1.165) is 5.56 Å². The van der Waals surface area contributed by atoms with Gasteiger partial charge in [-0.1, -0.05) is 29.8 Å². The van der Waals surface area contributed by atoms with Gasteiger partial charge in [0, 0.05) is 35.4 Å². The molecule has 6 nitrogen and oxygen atoms in total. The SMILES string of the molecule is CCN(CC)C(=O)c1cccc(NC(=O)COC(=O)/C=C/c2ccc(Cl)cc2)c1. The first-order valence-corrected chi connectivity index (χ1v) is 9.60. The maximum Gasteiger partial charge on any atom is 0.331 e. The average Bonchev–Trinajstić information content (AvgIpc) is 2.73. The first kappa shape index (κ1) is 22.2. The normalized spacial score (nSPS) is 10.6. The number of halogens is 1. The molecule has 2 rings (SSSR count). The first-order valence-electron chi connectivity index (χ1n) is 9.22. The Hall–Kier alpha value is -3.12. The summed E-state index contributed by atoms with van der Waals surface area (Å²) < 4.78 is 4.93. The Labute approximate surface area is 175 Å². The van der Waals surface area contributed by atoms with Crippen molar-refractivity contribution in [2.75, 3.05) is 25.0 Å². The number of benzene rings is 2. The van der Waals surface area contributed by atoms with Crippen LogP contribution >= 0.6 is 11.6 Å². The van der Waals surface area contributed by atoms with Crippen LogP contribution in [-0.2, 0) is 14.3 Å². The highest BCUT2D eigenvalue weighted by molar-refractivity contribution is 6.30. The lowest BCUT2D eigenvalue weighted by Gasteiger charge is -2.19. The maximum absolute atomic E-state index is 12.4. The molecule has 0 radical (unpaired) electrons. The highest BCUT2D eigenvalue weighted by Gasteiger charge is 2.13. The minimum atomic E-state index is -0.638. The predicted octanol–water partition coefficient (Wildman–Crippen LogP) is 4.02. The van der Waals surface area contributed by atoms with Gasteiger partial charge in [-0.2, -0.15) is 0 Å². The number of nitrogens with one attached hydrogen (secondary N) is 1. The highest BCUT2D eigenvalue weighted by Crippen LogP contribution is 2.13. The van der Waals surface area contributed by atoms with Crippen molar-refractivity contribution in [3.63, 3.8) is 0 Å². The second kappa shape index (κ2) is 11.0. The Kier molecular flexibility index (Phi) is 8.43. The fourth-order valence-corrected chi connectivity index (χ4v) is 2.67. The Balaban J connectivity index is 1.87. The van der Waals surface area contributed by atoms with E-state index in [9.17, 15) is 14.4 Å². The molecule has 0 unspecified atom stereocenters. The third-order valence-corrected chi connectivity index (χ3v) is 4.32. The van der Waals surface area contributed by atoms with Crippen molar-refractivity contribution in [3.05, 3.63) is 70.8 Å². The fourth-order valence-electron chi connectivity index (χ4n) is 2.54. The predicted molar refractivity (Wildman–Crippen MR) is 114 cm³/mol. The molecule has 7 heteroatoms. The molecular weight excluding hydrogens is 392 g/mol. The van der Waals surface area contributed by atoms with E-state index in [1.165, 1.54) is 6.08 Å². The molecule has 0 aromatic heterocycles. The zero-order valence-corrected chi connectivity index (χ0v) is 17.1. The molecule has 0 aliphatic heterocycles. The van der Waals surface area contributed by atoms with E-state index in [0.29, 0.717) is 29.4 Å². The third-order valence-electron chi connectivity index (χ3n) is 4.07. The minimum Gasteiger partial charge on any atom is -0.452 e. The van der Waals surface area contributed by atoms with Crippen LogP contribution in [0.15, 0.2) is 54.6 Å². The molecule has 0 saturated carbocycles. The van der Waals surface area contributed by atoms with Crippen molar-refractivity contribution < 1.29 is 19.1 Å². The number of anilines is 1. The zero-order valence-electron chi connectivity index (χ0n) is 16.4. The summed E-state index contributed by atoms with van der Waals surface area (Å²) in [6.07, 6.45) is 2.80. The van der Waals surface area contributed by atoms with Gasteiger partial charge in [-0.3, -0.25) is 9.59 Å². The van der Waals surface area contributed by atoms with Crippen molar-refractivity contribution in [2.24, 2.45) is 0 Å². The molecule has 0 aliphatic carbocycles. The molecule has 1 N–H and O–H groups in total. The fraction of sp³-hybridized carbons (Fsp3) is 0.227. The van der Waals surface area contributed by atoms with Crippen molar-refractivity contribution in [1.82, 2.24) is 4.90 Å². The quantitative estimate of drug-likeness (QED) is 0.523. The number of carbonyl (C=O) groups is 3. The Morgan fingerprint density at radius 3 is 2.41 bits per heavy atom. The number of hydrogen-bond acceptors (Lipinski definition) is 4. The van der Waals surface area contributed by atoms with Gasteiger partial charge in [0.15, 0.2) is 6.61 Å². The van der Waals surface area contributed by atoms with Crippen LogP contribution in [-0.4, -0.2) is 42.4 Å². The van der Waals surface area contributed by atoms with Crippen LogP contribution in [0.1, 0.15) is 29.8 Å². The molecule has 0 heterocycles. The van der Waals surface area contributed by atoms with Gasteiger partial charge in [0.2, 0.25) is 0 Å². The summed E-state index contributed by atoms with van der Waals surface area (Å²) in [4.78, 5) is 37.9. The molecule has 2 aromatic rings. The van der Waals surface area contributed by atoms with E-state index in [1.807, 2.05) is 13.8 Å². The molecule has 0 saturated heterocycles. The van der Waals surface area contributed by atoms with E-state index >= 15 is 0 Å². The van der Waals surface area contributed by atoms with E-state index < -0.39 is 18.5 Å². The van der Waals surface area contributed by atoms with Gasteiger partial charge in [-0.25, -0.2) is 4.79 Å². The topological polar surface area (TPSA) is 75.7 Å². The first-order chi connectivity index (χ1) is 13.9. The van der Waals surface area contributed by atoms with Gasteiger partial charge in [0.05, 0.1) is 0 Å². The van der Waals surface area contributed by atoms with Gasteiger partial charge in [0.1, 0.15) is 0 Å². The maximum atomic E-state index is 12.4. The van der Waals surface area contributed by atoms with Crippen LogP contribution in [0.3, 0.4) is 0 Å². The lowest BCUT2D eigenvalue weighted by atomic mass is 10.1.